The van der Waals surface area contributed by atoms with E-state index >= 15 is 0 Å². The lowest BCUT2D eigenvalue weighted by Crippen LogP contribution is -2.29. The summed E-state index contributed by atoms with van der Waals surface area (Å²) in [6.45, 7) is -0.249. The van der Waals surface area contributed by atoms with Gasteiger partial charge in [0.2, 0.25) is 5.91 Å². The minimum absolute atomic E-state index is 0.249. The second-order valence-electron chi connectivity index (χ2n) is 5.59. The molecule has 0 saturated heterocycles. The lowest BCUT2D eigenvalue weighted by molar-refractivity contribution is -0.117. The highest BCUT2D eigenvalue weighted by Gasteiger charge is 2.11. The number of hydrogen-bond donors (Lipinski definition) is 1. The summed E-state index contributed by atoms with van der Waals surface area (Å²) in [4.78, 5) is 24.4. The van der Waals surface area contributed by atoms with Crippen LogP contribution >= 0.6 is 23.2 Å². The van der Waals surface area contributed by atoms with E-state index < -0.39 is 11.5 Å². The van der Waals surface area contributed by atoms with Gasteiger partial charge in [0, 0.05) is 17.3 Å². The maximum absolute atomic E-state index is 12.3. The number of amides is 1. The van der Waals surface area contributed by atoms with Crippen LogP contribution < -0.4 is 15.6 Å². The molecule has 0 bridgehead atoms. The summed E-state index contributed by atoms with van der Waals surface area (Å²) in [5.74, 6) is 0.0853. The number of halogens is 2. The van der Waals surface area contributed by atoms with Crippen LogP contribution in [-0.4, -0.2) is 22.8 Å². The van der Waals surface area contributed by atoms with Gasteiger partial charge in [0.15, 0.2) is 0 Å². The van der Waals surface area contributed by atoms with Crippen molar-refractivity contribution in [2.75, 3.05) is 12.4 Å². The van der Waals surface area contributed by atoms with E-state index in [0.29, 0.717) is 32.7 Å². The third-order valence-electron chi connectivity index (χ3n) is 3.75. The summed E-state index contributed by atoms with van der Waals surface area (Å²) in [6.07, 6.45) is 0. The zero-order chi connectivity index (χ0) is 19.4. The van der Waals surface area contributed by atoms with Gasteiger partial charge in [-0.05, 0) is 30.3 Å². The highest BCUT2D eigenvalue weighted by Crippen LogP contribution is 2.27. The number of ether oxygens (including phenoxy) is 1. The molecular weight excluding hydrogens is 389 g/mol. The van der Waals surface area contributed by atoms with Crippen LogP contribution in [0.3, 0.4) is 0 Å². The molecule has 1 heterocycles. The van der Waals surface area contributed by atoms with E-state index in [-0.39, 0.29) is 6.54 Å². The first-order valence-corrected chi connectivity index (χ1v) is 8.70. The standard InChI is InChI=1S/C19H15Cl2N3O3/c1-27-17-8-6-12(10-15(17)21)22-18(25)11-24-19(26)9-7-16(23-24)13-4-2-3-5-14(13)20/h2-10H,11H2,1H3,(H,22,25). The number of hydrogen-bond acceptors (Lipinski definition) is 4. The number of carbonyl (C=O) groups is 1. The van der Waals surface area contributed by atoms with Gasteiger partial charge in [-0.25, -0.2) is 4.68 Å². The number of methoxy groups -OCH3 is 1. The maximum Gasteiger partial charge on any atom is 0.267 e. The average molecular weight is 404 g/mol. The van der Waals surface area contributed by atoms with Gasteiger partial charge in [-0.15, -0.1) is 0 Å². The summed E-state index contributed by atoms with van der Waals surface area (Å²) in [5.41, 5.74) is 1.27. The van der Waals surface area contributed by atoms with Gasteiger partial charge in [0.25, 0.3) is 5.56 Å². The summed E-state index contributed by atoms with van der Waals surface area (Å²) in [5, 5.41) is 7.79. The molecule has 0 aliphatic heterocycles. The fourth-order valence-electron chi connectivity index (χ4n) is 2.46. The number of nitrogens with zero attached hydrogens (tertiary/aromatic N) is 2. The van der Waals surface area contributed by atoms with Crippen LogP contribution in [-0.2, 0) is 11.3 Å². The minimum atomic E-state index is -0.415. The van der Waals surface area contributed by atoms with Crippen LogP contribution in [0.15, 0.2) is 59.4 Å². The number of benzene rings is 2. The van der Waals surface area contributed by atoms with Crippen molar-refractivity contribution in [1.82, 2.24) is 9.78 Å². The lowest BCUT2D eigenvalue weighted by Gasteiger charge is -2.10. The smallest absolute Gasteiger partial charge is 0.267 e. The fraction of sp³-hybridized carbons (Fsp3) is 0.105. The van der Waals surface area contributed by atoms with Gasteiger partial charge in [-0.1, -0.05) is 41.4 Å². The zero-order valence-corrected chi connectivity index (χ0v) is 15.8. The molecule has 1 aromatic heterocycles. The number of aromatic nitrogens is 2. The topological polar surface area (TPSA) is 73.2 Å². The largest absolute Gasteiger partial charge is 0.495 e. The molecule has 0 radical (unpaired) electrons. The Bertz CT molecular complexity index is 1050. The molecule has 3 aromatic rings. The van der Waals surface area contributed by atoms with Gasteiger partial charge in [-0.2, -0.15) is 5.10 Å². The molecular formula is C19H15Cl2N3O3. The van der Waals surface area contributed by atoms with Crippen LogP contribution in [0.25, 0.3) is 11.3 Å². The maximum atomic E-state index is 12.3. The normalized spacial score (nSPS) is 10.5. The van der Waals surface area contributed by atoms with Crippen molar-refractivity contribution in [3.8, 4) is 17.0 Å². The Hall–Kier alpha value is -2.83. The van der Waals surface area contributed by atoms with E-state index in [4.69, 9.17) is 27.9 Å². The van der Waals surface area contributed by atoms with Crippen LogP contribution in [0, 0.1) is 0 Å². The van der Waals surface area contributed by atoms with Crippen molar-refractivity contribution in [3.05, 3.63) is 75.0 Å². The van der Waals surface area contributed by atoms with Crippen LogP contribution in [0.4, 0.5) is 5.69 Å². The first kappa shape index (κ1) is 18.9. The molecule has 0 atom stereocenters. The van der Waals surface area contributed by atoms with Crippen LogP contribution in [0.5, 0.6) is 5.75 Å². The number of carbonyl (C=O) groups excluding carboxylic acids is 1. The van der Waals surface area contributed by atoms with Crippen molar-refractivity contribution >= 4 is 34.8 Å². The van der Waals surface area contributed by atoms with E-state index in [1.807, 2.05) is 6.07 Å². The van der Waals surface area contributed by atoms with Gasteiger partial charge in [0.05, 0.1) is 22.8 Å². The Morgan fingerprint density at radius 2 is 1.89 bits per heavy atom. The SMILES string of the molecule is COc1ccc(NC(=O)Cn2nc(-c3ccccc3Cl)ccc2=O)cc1Cl. The summed E-state index contributed by atoms with van der Waals surface area (Å²) < 4.78 is 6.15. The minimum Gasteiger partial charge on any atom is -0.495 e. The molecule has 6 nitrogen and oxygen atoms in total. The Kier molecular flexibility index (Phi) is 5.78. The van der Waals surface area contributed by atoms with E-state index in [2.05, 4.69) is 10.4 Å². The molecule has 2 aromatic carbocycles. The first-order chi connectivity index (χ1) is 13.0. The van der Waals surface area contributed by atoms with Crippen molar-refractivity contribution in [2.45, 2.75) is 6.54 Å². The van der Waals surface area contributed by atoms with Crippen molar-refractivity contribution in [3.63, 3.8) is 0 Å². The predicted octanol–water partition coefficient (Wildman–Crippen LogP) is 3.86. The Labute approximate surface area is 165 Å². The summed E-state index contributed by atoms with van der Waals surface area (Å²) >= 11 is 12.2. The number of rotatable bonds is 5. The van der Waals surface area contributed by atoms with Gasteiger partial charge in [0.1, 0.15) is 12.3 Å². The molecule has 0 saturated carbocycles. The fourth-order valence-corrected chi connectivity index (χ4v) is 2.95. The highest BCUT2D eigenvalue weighted by atomic mass is 35.5. The third-order valence-corrected chi connectivity index (χ3v) is 4.37. The predicted molar refractivity (Wildman–Crippen MR) is 106 cm³/mol. The molecule has 8 heteroatoms. The first-order valence-electron chi connectivity index (χ1n) is 7.94. The summed E-state index contributed by atoms with van der Waals surface area (Å²) in [6, 6.07) is 14.9. The second kappa shape index (κ2) is 8.24. The quantitative estimate of drug-likeness (QED) is 0.701. The summed E-state index contributed by atoms with van der Waals surface area (Å²) in [7, 11) is 1.50. The second-order valence-corrected chi connectivity index (χ2v) is 6.41. The molecule has 0 fully saturated rings. The van der Waals surface area contributed by atoms with Crippen molar-refractivity contribution in [2.24, 2.45) is 0 Å². The van der Waals surface area contributed by atoms with E-state index in [9.17, 15) is 9.59 Å². The Morgan fingerprint density at radius 3 is 2.59 bits per heavy atom. The van der Waals surface area contributed by atoms with Crippen molar-refractivity contribution < 1.29 is 9.53 Å². The molecule has 27 heavy (non-hydrogen) atoms. The van der Waals surface area contributed by atoms with E-state index in [0.717, 1.165) is 4.68 Å². The zero-order valence-electron chi connectivity index (χ0n) is 14.3. The van der Waals surface area contributed by atoms with Gasteiger partial charge >= 0.3 is 0 Å². The monoisotopic (exact) mass is 403 g/mol. The van der Waals surface area contributed by atoms with Crippen molar-refractivity contribution in [1.29, 1.82) is 0 Å². The number of nitrogens with one attached hydrogen (secondary N) is 1. The lowest BCUT2D eigenvalue weighted by atomic mass is 10.1. The highest BCUT2D eigenvalue weighted by molar-refractivity contribution is 6.33. The molecule has 0 spiro atoms. The van der Waals surface area contributed by atoms with E-state index in [1.54, 1.807) is 42.5 Å². The third kappa shape index (κ3) is 4.48. The van der Waals surface area contributed by atoms with Gasteiger partial charge < -0.3 is 10.1 Å². The Morgan fingerprint density at radius 1 is 1.11 bits per heavy atom. The molecule has 0 aliphatic carbocycles. The van der Waals surface area contributed by atoms with Crippen LogP contribution in [0.2, 0.25) is 10.0 Å². The van der Waals surface area contributed by atoms with E-state index in [1.165, 1.54) is 13.2 Å². The molecule has 1 N–H and O–H groups in total. The molecule has 3 rings (SSSR count). The van der Waals surface area contributed by atoms with Crippen LogP contribution in [0.1, 0.15) is 0 Å². The Balaban J connectivity index is 1.80. The number of anilines is 1. The van der Waals surface area contributed by atoms with Gasteiger partial charge in [-0.3, -0.25) is 9.59 Å². The average Bonchev–Trinajstić information content (AvgIpc) is 2.64. The molecule has 1 amide bonds. The molecule has 0 unspecified atom stereocenters. The molecule has 0 aliphatic rings. The molecule has 138 valence electrons.